The van der Waals surface area contributed by atoms with Gasteiger partial charge in [-0.25, -0.2) is 18.1 Å². The molecular weight excluding hydrogens is 908 g/mol. The summed E-state index contributed by atoms with van der Waals surface area (Å²) in [5.74, 6) is -0.622. The average molecular weight is 964 g/mol. The van der Waals surface area contributed by atoms with Crippen LogP contribution in [0.4, 0.5) is 28.4 Å². The van der Waals surface area contributed by atoms with E-state index in [1.165, 1.54) is 17.2 Å². The largest absolute Gasteiger partial charge is 0.489 e. The number of hydrogen-bond donors (Lipinski definition) is 3. The molecule has 2 aromatic heterocycles. The molecule has 3 aromatic carbocycles. The number of carbonyl (C=O) groups excluding carboxylic acids is 2. The zero-order valence-electron chi connectivity index (χ0n) is 38.1. The van der Waals surface area contributed by atoms with Crippen molar-refractivity contribution < 1.29 is 32.4 Å². The van der Waals surface area contributed by atoms with E-state index in [1.807, 2.05) is 35.2 Å². The average Bonchev–Trinajstić information content (AvgIpc) is 3.74. The number of H-pyrrole nitrogens is 1. The number of aromatic nitrogens is 2. The smallest absolute Gasteiger partial charge is 0.297 e. The van der Waals surface area contributed by atoms with Crippen LogP contribution in [0.5, 0.6) is 5.75 Å². The number of allylic oxidation sites excluding steroid dienone is 1. The lowest BCUT2D eigenvalue weighted by atomic mass is 9.70. The van der Waals surface area contributed by atoms with E-state index in [9.17, 15) is 28.1 Å². The van der Waals surface area contributed by atoms with Gasteiger partial charge in [0.1, 0.15) is 17.9 Å². The first-order valence-corrected chi connectivity index (χ1v) is 25.3. The van der Waals surface area contributed by atoms with Gasteiger partial charge in [-0.3, -0.25) is 24.6 Å². The molecule has 0 radical (unpaired) electrons. The van der Waals surface area contributed by atoms with Gasteiger partial charge in [-0.1, -0.05) is 49.2 Å². The molecule has 3 N–H and O–H groups in total. The summed E-state index contributed by atoms with van der Waals surface area (Å²) in [6.07, 6.45) is 8.42. The lowest BCUT2D eigenvalue weighted by Crippen LogP contribution is -2.47. The number of nitro benzene ring substituents is 1. The lowest BCUT2D eigenvalue weighted by molar-refractivity contribution is -0.384. The highest BCUT2D eigenvalue weighted by atomic mass is 35.5. The maximum Gasteiger partial charge on any atom is 0.297 e. The van der Waals surface area contributed by atoms with E-state index in [4.69, 9.17) is 21.1 Å². The molecule has 1 unspecified atom stereocenters. The van der Waals surface area contributed by atoms with Gasteiger partial charge in [0.25, 0.3) is 21.6 Å². The maximum absolute atomic E-state index is 14.7. The van der Waals surface area contributed by atoms with E-state index >= 15 is 0 Å². The molecule has 4 aliphatic heterocycles. The van der Waals surface area contributed by atoms with E-state index in [2.05, 4.69) is 61.9 Å². The number of benzene rings is 3. The SMILES string of the molecule is CC1(C)CC=C(CN2CCN(c3ccc(N4CCCC(=O)c5nc6[nH]ccc6cc54)c(C(=O)NS(=O)(=O)c4cc5c(c([N+](=O)[O-])c4)N[C@@H](C4CCOCC4)CO5)c3)CC2)C(c2ccc(Cl)cc2)C1. The Balaban J connectivity index is 0.945. The number of halogens is 1. The molecule has 356 valence electrons. The molecule has 2 fully saturated rings. The van der Waals surface area contributed by atoms with Gasteiger partial charge in [0, 0.05) is 99.2 Å². The molecule has 18 heteroatoms. The second-order valence-electron chi connectivity index (χ2n) is 19.4. The number of nitrogens with zero attached hydrogens (tertiary/aromatic N) is 5. The number of aromatic amines is 1. The third-order valence-corrected chi connectivity index (χ3v) is 15.8. The number of hydrogen-bond acceptors (Lipinski definition) is 13. The number of fused-ring (bicyclic) bond motifs is 3. The van der Waals surface area contributed by atoms with Crippen molar-refractivity contribution in [2.24, 2.45) is 11.3 Å². The minimum atomic E-state index is -4.72. The molecule has 2 atom stereocenters. The first-order valence-electron chi connectivity index (χ1n) is 23.4. The molecule has 68 heavy (non-hydrogen) atoms. The second-order valence-corrected chi connectivity index (χ2v) is 21.5. The van der Waals surface area contributed by atoms with Crippen LogP contribution in [0.3, 0.4) is 0 Å². The van der Waals surface area contributed by atoms with Crippen molar-refractivity contribution in [1.82, 2.24) is 19.6 Å². The third kappa shape index (κ3) is 9.28. The van der Waals surface area contributed by atoms with Crippen LogP contribution in [0, 0.1) is 21.4 Å². The zero-order chi connectivity index (χ0) is 47.3. The summed E-state index contributed by atoms with van der Waals surface area (Å²) in [5.41, 5.74) is 4.93. The molecule has 0 saturated carbocycles. The van der Waals surface area contributed by atoms with Crippen LogP contribution < -0.4 is 24.6 Å². The van der Waals surface area contributed by atoms with E-state index in [-0.39, 0.29) is 64.8 Å². The summed E-state index contributed by atoms with van der Waals surface area (Å²) in [6.45, 7) is 9.97. The number of piperazine rings is 1. The van der Waals surface area contributed by atoms with Crippen molar-refractivity contribution in [2.45, 2.75) is 69.2 Å². The molecule has 2 saturated heterocycles. The fourth-order valence-electron chi connectivity index (χ4n) is 10.5. The van der Waals surface area contributed by atoms with Crippen LogP contribution in [0.2, 0.25) is 5.02 Å². The Kier molecular flexibility index (Phi) is 12.4. The van der Waals surface area contributed by atoms with Gasteiger partial charge < -0.3 is 29.6 Å². The molecule has 16 nitrogen and oxygen atoms in total. The third-order valence-electron chi connectivity index (χ3n) is 14.3. The number of Topliss-reactive ketones (excluding diaryl/α,β-unsaturated/α-hetero) is 1. The minimum absolute atomic E-state index is 0.00990. The molecule has 5 aromatic rings. The van der Waals surface area contributed by atoms with Crippen molar-refractivity contribution in [2.75, 3.05) is 74.2 Å². The van der Waals surface area contributed by atoms with Crippen molar-refractivity contribution in [1.29, 1.82) is 0 Å². The predicted octanol–water partition coefficient (Wildman–Crippen LogP) is 8.61. The van der Waals surface area contributed by atoms with Crippen molar-refractivity contribution in [3.8, 4) is 5.75 Å². The normalized spacial score (nSPS) is 21.2. The molecule has 0 bridgehead atoms. The summed E-state index contributed by atoms with van der Waals surface area (Å²) in [4.78, 5) is 53.8. The first-order chi connectivity index (χ1) is 32.7. The number of carbonyl (C=O) groups is 2. The Labute approximate surface area is 400 Å². The summed E-state index contributed by atoms with van der Waals surface area (Å²) < 4.78 is 42.4. The van der Waals surface area contributed by atoms with Crippen molar-refractivity contribution in [3.05, 3.63) is 117 Å². The number of anilines is 4. The highest BCUT2D eigenvalue weighted by Crippen LogP contribution is 2.45. The first kappa shape index (κ1) is 45.8. The van der Waals surface area contributed by atoms with Crippen LogP contribution in [0.15, 0.2) is 89.5 Å². The predicted molar refractivity (Wildman–Crippen MR) is 261 cm³/mol. The number of nitro groups is 1. The molecule has 10 rings (SSSR count). The second kappa shape index (κ2) is 18.5. The minimum Gasteiger partial charge on any atom is -0.489 e. The number of sulfonamides is 1. The molecular formula is C50H55ClN8O8S. The number of pyridine rings is 1. The topological polar surface area (TPSA) is 192 Å². The monoisotopic (exact) mass is 962 g/mol. The van der Waals surface area contributed by atoms with Gasteiger partial charge in [0.2, 0.25) is 0 Å². The van der Waals surface area contributed by atoms with Gasteiger partial charge in [0.15, 0.2) is 17.2 Å². The standard InChI is InChI=1S/C50H55ClN8O8S/c1-50(2)15-11-34(39(28-50)31-5-7-35(51)8-6-31)29-56-18-20-57(21-19-56)36-9-10-41(58-17-3-4-44(60)46-42(58)24-33-12-16-52-48(33)54-46)38(25-36)49(61)55-68(64,65)37-26-43(59(62)63)47-45(27-37)67-30-40(53-47)32-13-22-66-23-14-32/h5-12,16,24-27,32,39-40,53H,3-4,13-15,17-23,28-30H2,1-2H3,(H,52,54)(H,55,61)/t39?,40-/m1/s1. The maximum atomic E-state index is 14.7. The Morgan fingerprint density at radius 2 is 1.78 bits per heavy atom. The van der Waals surface area contributed by atoms with E-state index in [0.717, 1.165) is 67.5 Å². The molecule has 5 aliphatic rings. The van der Waals surface area contributed by atoms with Crippen LogP contribution >= 0.6 is 11.6 Å². The van der Waals surface area contributed by atoms with E-state index in [0.29, 0.717) is 56.3 Å². The van der Waals surface area contributed by atoms with E-state index < -0.39 is 31.4 Å². The molecule has 6 heterocycles. The lowest BCUT2D eigenvalue weighted by Gasteiger charge is -2.40. The Bertz CT molecular complexity index is 2930. The number of nitrogens with one attached hydrogen (secondary N) is 3. The summed E-state index contributed by atoms with van der Waals surface area (Å²) in [7, 11) is -4.72. The van der Waals surface area contributed by atoms with Gasteiger partial charge in [-0.15, -0.1) is 0 Å². The Morgan fingerprint density at radius 3 is 2.54 bits per heavy atom. The molecule has 0 spiro atoms. The number of amides is 1. The van der Waals surface area contributed by atoms with Crippen LogP contribution in [-0.4, -0.2) is 105 Å². The van der Waals surface area contributed by atoms with Crippen LogP contribution in [0.25, 0.3) is 11.0 Å². The van der Waals surface area contributed by atoms with Gasteiger partial charge in [0.05, 0.1) is 32.8 Å². The summed E-state index contributed by atoms with van der Waals surface area (Å²) >= 11 is 6.27. The quantitative estimate of drug-likeness (QED) is 0.0685. The summed E-state index contributed by atoms with van der Waals surface area (Å²) in [5, 5.41) is 17.2. The van der Waals surface area contributed by atoms with Gasteiger partial charge in [-0.2, -0.15) is 0 Å². The highest BCUT2D eigenvalue weighted by molar-refractivity contribution is 7.90. The number of rotatable bonds is 10. The van der Waals surface area contributed by atoms with Gasteiger partial charge >= 0.3 is 0 Å². The van der Waals surface area contributed by atoms with Gasteiger partial charge in [-0.05, 0) is 91.5 Å². The van der Waals surface area contributed by atoms with Crippen LogP contribution in [0.1, 0.15) is 84.7 Å². The van der Waals surface area contributed by atoms with Crippen LogP contribution in [-0.2, 0) is 14.8 Å². The van der Waals surface area contributed by atoms with Crippen molar-refractivity contribution in [3.63, 3.8) is 0 Å². The fraction of sp³-hybridized carbons (Fsp3) is 0.420. The van der Waals surface area contributed by atoms with Crippen molar-refractivity contribution >= 4 is 72.8 Å². The summed E-state index contributed by atoms with van der Waals surface area (Å²) in [6, 6.07) is 19.3. The zero-order valence-corrected chi connectivity index (χ0v) is 39.7. The fourth-order valence-corrected chi connectivity index (χ4v) is 11.6. The number of ether oxygens (including phenoxy) is 2. The molecule has 1 amide bonds. The highest BCUT2D eigenvalue weighted by Gasteiger charge is 2.37. The van der Waals surface area contributed by atoms with E-state index in [1.54, 1.807) is 18.3 Å². The Morgan fingerprint density at radius 1 is 1.00 bits per heavy atom. The Hall–Kier alpha value is -6.01. The molecule has 1 aliphatic carbocycles. The number of ketones is 1.